The van der Waals surface area contributed by atoms with Crippen molar-refractivity contribution >= 4 is 23.3 Å². The molecule has 1 saturated heterocycles. The first-order valence-corrected chi connectivity index (χ1v) is 8.88. The number of anilines is 1. The van der Waals surface area contributed by atoms with Gasteiger partial charge in [0.05, 0.1) is 13.2 Å². The third-order valence-electron chi connectivity index (χ3n) is 4.23. The highest BCUT2D eigenvalue weighted by atomic mass is 35.5. The molecule has 0 spiro atoms. The molecule has 25 heavy (non-hydrogen) atoms. The molecule has 132 valence electrons. The van der Waals surface area contributed by atoms with Crippen LogP contribution in [0.1, 0.15) is 17.5 Å². The van der Waals surface area contributed by atoms with E-state index in [0.717, 1.165) is 30.0 Å². The van der Waals surface area contributed by atoms with Gasteiger partial charge in [-0.15, -0.1) is 0 Å². The Bertz CT molecular complexity index is 717. The normalized spacial score (nSPS) is 14.4. The summed E-state index contributed by atoms with van der Waals surface area (Å²) in [5.41, 5.74) is 2.02. The minimum Gasteiger partial charge on any atom is -0.378 e. The number of nitrogens with zero attached hydrogens (tertiary/aromatic N) is 2. The molecule has 0 unspecified atom stereocenters. The molecule has 1 aromatic heterocycles. The maximum Gasteiger partial charge on any atom is 0.220 e. The van der Waals surface area contributed by atoms with Crippen LogP contribution in [0.5, 0.6) is 0 Å². The highest BCUT2D eigenvalue weighted by Gasteiger charge is 2.16. The zero-order valence-corrected chi connectivity index (χ0v) is 14.8. The van der Waals surface area contributed by atoms with Gasteiger partial charge in [0.2, 0.25) is 5.91 Å². The summed E-state index contributed by atoms with van der Waals surface area (Å²) in [6.07, 6.45) is 2.83. The minimum absolute atomic E-state index is 0.0108. The van der Waals surface area contributed by atoms with Crippen molar-refractivity contribution in [2.45, 2.75) is 19.4 Å². The lowest BCUT2D eigenvalue weighted by Crippen LogP contribution is -2.37. The van der Waals surface area contributed by atoms with Gasteiger partial charge in [-0.2, -0.15) is 0 Å². The molecule has 0 aliphatic carbocycles. The van der Waals surface area contributed by atoms with Crippen LogP contribution < -0.4 is 10.2 Å². The number of ether oxygens (including phenoxy) is 1. The number of hydrogen-bond acceptors (Lipinski definition) is 4. The van der Waals surface area contributed by atoms with E-state index in [0.29, 0.717) is 37.6 Å². The number of hydrogen-bond donors (Lipinski definition) is 1. The van der Waals surface area contributed by atoms with E-state index in [1.807, 2.05) is 36.4 Å². The molecule has 1 amide bonds. The topological polar surface area (TPSA) is 54.5 Å². The van der Waals surface area contributed by atoms with Crippen molar-refractivity contribution in [3.05, 3.63) is 58.7 Å². The molecule has 5 nitrogen and oxygen atoms in total. The summed E-state index contributed by atoms with van der Waals surface area (Å²) in [4.78, 5) is 18.9. The van der Waals surface area contributed by atoms with Crippen LogP contribution in [0.4, 0.5) is 5.82 Å². The zero-order chi connectivity index (χ0) is 17.5. The third-order valence-corrected chi connectivity index (χ3v) is 4.60. The van der Waals surface area contributed by atoms with Crippen LogP contribution in [0.3, 0.4) is 0 Å². The third kappa shape index (κ3) is 4.94. The van der Waals surface area contributed by atoms with Gasteiger partial charge in [-0.3, -0.25) is 4.79 Å². The molecule has 1 aromatic carbocycles. The number of halogens is 1. The van der Waals surface area contributed by atoms with Gasteiger partial charge in [-0.05, 0) is 24.1 Å². The Morgan fingerprint density at radius 2 is 1.92 bits per heavy atom. The quantitative estimate of drug-likeness (QED) is 0.861. The second-order valence-electron chi connectivity index (χ2n) is 5.95. The van der Waals surface area contributed by atoms with E-state index in [4.69, 9.17) is 16.3 Å². The number of morpholine rings is 1. The summed E-state index contributed by atoms with van der Waals surface area (Å²) in [6, 6.07) is 11.5. The monoisotopic (exact) mass is 359 g/mol. The molecular formula is C19H22ClN3O2. The molecule has 1 aliphatic rings. The van der Waals surface area contributed by atoms with E-state index >= 15 is 0 Å². The molecule has 3 rings (SSSR count). The SMILES string of the molecule is O=C(CCc1ccccc1Cl)NCc1cccnc1N1CCOCC1. The van der Waals surface area contributed by atoms with Crippen LogP contribution in [-0.2, 0) is 22.5 Å². The zero-order valence-electron chi connectivity index (χ0n) is 14.1. The number of benzene rings is 1. The second kappa shape index (κ2) is 8.83. The maximum atomic E-state index is 12.2. The summed E-state index contributed by atoms with van der Waals surface area (Å²) >= 11 is 6.13. The Morgan fingerprint density at radius 3 is 2.72 bits per heavy atom. The number of aryl methyl sites for hydroxylation is 1. The average Bonchev–Trinajstić information content (AvgIpc) is 2.66. The minimum atomic E-state index is 0.0108. The predicted molar refractivity (Wildman–Crippen MR) is 98.9 cm³/mol. The Kier molecular flexibility index (Phi) is 6.25. The van der Waals surface area contributed by atoms with E-state index in [9.17, 15) is 4.79 Å². The number of aromatic nitrogens is 1. The van der Waals surface area contributed by atoms with Gasteiger partial charge in [0.15, 0.2) is 0 Å². The van der Waals surface area contributed by atoms with Crippen molar-refractivity contribution < 1.29 is 9.53 Å². The van der Waals surface area contributed by atoms with E-state index in [1.54, 1.807) is 6.20 Å². The summed E-state index contributed by atoms with van der Waals surface area (Å²) in [5.74, 6) is 0.939. The van der Waals surface area contributed by atoms with Crippen LogP contribution in [0, 0.1) is 0 Å². The number of rotatable bonds is 6. The first-order valence-electron chi connectivity index (χ1n) is 8.51. The Morgan fingerprint density at radius 1 is 1.16 bits per heavy atom. The maximum absolute atomic E-state index is 12.2. The standard InChI is InChI=1S/C19H22ClN3O2/c20-17-6-2-1-4-15(17)7-8-18(24)22-14-16-5-3-9-21-19(16)23-10-12-25-13-11-23/h1-6,9H,7-8,10-14H2,(H,22,24). The lowest BCUT2D eigenvalue weighted by molar-refractivity contribution is -0.121. The Labute approximate surface area is 153 Å². The van der Waals surface area contributed by atoms with Gasteiger partial charge < -0.3 is 15.0 Å². The van der Waals surface area contributed by atoms with Crippen molar-refractivity contribution in [3.8, 4) is 0 Å². The largest absolute Gasteiger partial charge is 0.378 e. The van der Waals surface area contributed by atoms with Gasteiger partial charge in [0.25, 0.3) is 0 Å². The summed E-state index contributed by atoms with van der Waals surface area (Å²) in [5, 5.41) is 3.69. The van der Waals surface area contributed by atoms with Crippen LogP contribution in [-0.4, -0.2) is 37.2 Å². The van der Waals surface area contributed by atoms with Gasteiger partial charge in [0, 0.05) is 42.8 Å². The van der Waals surface area contributed by atoms with E-state index < -0.39 is 0 Å². The second-order valence-corrected chi connectivity index (χ2v) is 6.36. The molecular weight excluding hydrogens is 338 g/mol. The van der Waals surface area contributed by atoms with Crippen molar-refractivity contribution in [1.82, 2.24) is 10.3 Å². The molecule has 0 atom stereocenters. The van der Waals surface area contributed by atoms with Crippen molar-refractivity contribution in [1.29, 1.82) is 0 Å². The molecule has 0 radical (unpaired) electrons. The predicted octanol–water partition coefficient (Wildman–Crippen LogP) is 2.82. The van der Waals surface area contributed by atoms with Crippen LogP contribution in [0.2, 0.25) is 5.02 Å². The first-order chi connectivity index (χ1) is 12.2. The molecule has 0 bridgehead atoms. The molecule has 1 N–H and O–H groups in total. The number of pyridine rings is 1. The molecule has 2 aromatic rings. The van der Waals surface area contributed by atoms with Crippen LogP contribution in [0.15, 0.2) is 42.6 Å². The van der Waals surface area contributed by atoms with Crippen molar-refractivity contribution in [2.24, 2.45) is 0 Å². The van der Waals surface area contributed by atoms with E-state index in [2.05, 4.69) is 15.2 Å². The fraction of sp³-hybridized carbons (Fsp3) is 0.368. The lowest BCUT2D eigenvalue weighted by atomic mass is 10.1. The fourth-order valence-electron chi connectivity index (χ4n) is 2.86. The molecule has 0 saturated carbocycles. The lowest BCUT2D eigenvalue weighted by Gasteiger charge is -2.29. The van der Waals surface area contributed by atoms with Crippen LogP contribution in [0.25, 0.3) is 0 Å². The Balaban J connectivity index is 1.54. The number of amides is 1. The van der Waals surface area contributed by atoms with Crippen molar-refractivity contribution in [3.63, 3.8) is 0 Å². The summed E-state index contributed by atoms with van der Waals surface area (Å²) < 4.78 is 5.39. The number of nitrogens with one attached hydrogen (secondary N) is 1. The first kappa shape index (κ1) is 17.7. The molecule has 6 heteroatoms. The number of carbonyl (C=O) groups is 1. The average molecular weight is 360 g/mol. The van der Waals surface area contributed by atoms with Crippen molar-refractivity contribution in [2.75, 3.05) is 31.2 Å². The van der Waals surface area contributed by atoms with Gasteiger partial charge in [0.1, 0.15) is 5.82 Å². The highest BCUT2D eigenvalue weighted by molar-refractivity contribution is 6.31. The number of carbonyl (C=O) groups excluding carboxylic acids is 1. The van der Waals surface area contributed by atoms with Gasteiger partial charge >= 0.3 is 0 Å². The molecule has 1 aliphatic heterocycles. The molecule has 1 fully saturated rings. The van der Waals surface area contributed by atoms with Gasteiger partial charge in [-0.1, -0.05) is 35.9 Å². The fourth-order valence-corrected chi connectivity index (χ4v) is 3.09. The van der Waals surface area contributed by atoms with Gasteiger partial charge in [-0.25, -0.2) is 4.98 Å². The smallest absolute Gasteiger partial charge is 0.220 e. The summed E-state index contributed by atoms with van der Waals surface area (Å²) in [7, 11) is 0. The highest BCUT2D eigenvalue weighted by Crippen LogP contribution is 2.19. The summed E-state index contributed by atoms with van der Waals surface area (Å²) in [6.45, 7) is 3.54. The van der Waals surface area contributed by atoms with Crippen LogP contribution >= 0.6 is 11.6 Å². The van der Waals surface area contributed by atoms with E-state index in [1.165, 1.54) is 0 Å². The van der Waals surface area contributed by atoms with E-state index in [-0.39, 0.29) is 5.91 Å². The molecule has 2 heterocycles. The Hall–Kier alpha value is -2.11.